The van der Waals surface area contributed by atoms with Crippen LogP contribution >= 0.6 is 0 Å². The highest BCUT2D eigenvalue weighted by molar-refractivity contribution is 6.33. The SMILES string of the molecule is C[C@@H](OC(=O)C(=O)NC(Cc1ccccc1)C(=O)C[C@@H](CCCN=C(N)N)C(=O)Nc1ccc2ccccc2c1)C(C)(C)C. The van der Waals surface area contributed by atoms with Crippen molar-refractivity contribution in [2.24, 2.45) is 27.8 Å². The lowest BCUT2D eigenvalue weighted by molar-refractivity contribution is -0.162. The molecule has 3 aromatic rings. The van der Waals surface area contributed by atoms with Gasteiger partial charge in [-0.15, -0.1) is 0 Å². The quantitative estimate of drug-likeness (QED) is 0.0752. The summed E-state index contributed by atoms with van der Waals surface area (Å²) < 4.78 is 5.35. The summed E-state index contributed by atoms with van der Waals surface area (Å²) in [6.07, 6.45) is 0.206. The lowest BCUT2D eigenvalue weighted by atomic mass is 9.90. The van der Waals surface area contributed by atoms with Crippen molar-refractivity contribution >= 4 is 46.0 Å². The van der Waals surface area contributed by atoms with Crippen molar-refractivity contribution in [1.29, 1.82) is 0 Å². The monoisotopic (exact) mass is 601 g/mol. The predicted molar refractivity (Wildman–Crippen MR) is 173 cm³/mol. The third kappa shape index (κ3) is 10.5. The van der Waals surface area contributed by atoms with Crippen LogP contribution in [0.25, 0.3) is 10.8 Å². The van der Waals surface area contributed by atoms with Crippen LogP contribution in [0.15, 0.2) is 77.8 Å². The molecule has 0 saturated heterocycles. The Labute approximate surface area is 258 Å². The van der Waals surface area contributed by atoms with E-state index >= 15 is 0 Å². The molecule has 234 valence electrons. The van der Waals surface area contributed by atoms with Crippen molar-refractivity contribution in [1.82, 2.24) is 5.32 Å². The molecule has 0 saturated carbocycles. The molecule has 10 heteroatoms. The number of esters is 1. The maximum absolute atomic E-state index is 13.8. The van der Waals surface area contributed by atoms with Crippen LogP contribution in [0.3, 0.4) is 0 Å². The van der Waals surface area contributed by atoms with Gasteiger partial charge in [-0.2, -0.15) is 0 Å². The van der Waals surface area contributed by atoms with Gasteiger partial charge in [-0.25, -0.2) is 4.79 Å². The number of nitrogens with two attached hydrogens (primary N) is 2. The van der Waals surface area contributed by atoms with Gasteiger partial charge in [-0.3, -0.25) is 19.4 Å². The van der Waals surface area contributed by atoms with Crippen LogP contribution in [-0.2, 0) is 30.3 Å². The number of benzene rings is 3. The molecule has 6 N–H and O–H groups in total. The highest BCUT2D eigenvalue weighted by Gasteiger charge is 2.32. The van der Waals surface area contributed by atoms with Crippen LogP contribution < -0.4 is 22.1 Å². The average Bonchev–Trinajstić information content (AvgIpc) is 2.97. The van der Waals surface area contributed by atoms with E-state index in [9.17, 15) is 19.2 Å². The maximum Gasteiger partial charge on any atom is 0.397 e. The van der Waals surface area contributed by atoms with Gasteiger partial charge in [0.2, 0.25) is 5.91 Å². The molecule has 3 rings (SSSR count). The number of hydrogen-bond donors (Lipinski definition) is 4. The summed E-state index contributed by atoms with van der Waals surface area (Å²) in [4.78, 5) is 56.8. The predicted octanol–water partition coefficient (Wildman–Crippen LogP) is 4.11. The van der Waals surface area contributed by atoms with Crippen molar-refractivity contribution in [3.63, 3.8) is 0 Å². The van der Waals surface area contributed by atoms with Gasteiger partial charge in [0.1, 0.15) is 6.10 Å². The molecule has 3 atom stereocenters. The standard InChI is InChI=1S/C34H43N5O5/c1-22(34(2,3)4)44-32(43)31(42)39-28(19-23-11-6-5-7-12-23)29(40)21-26(15-10-18-37-33(35)36)30(41)38-27-17-16-24-13-8-9-14-25(24)20-27/h5-9,11-14,16-17,20,22,26,28H,10,15,18-19,21H2,1-4H3,(H,38,41)(H,39,42)(H4,35,36,37)/t22-,26-,28?/m1/s1. The van der Waals surface area contributed by atoms with Gasteiger partial charge in [0.05, 0.1) is 6.04 Å². The Morgan fingerprint density at radius 3 is 2.23 bits per heavy atom. The van der Waals surface area contributed by atoms with Crippen molar-refractivity contribution in [3.05, 3.63) is 78.4 Å². The number of nitrogens with zero attached hydrogens (tertiary/aromatic N) is 1. The molecule has 0 aliphatic carbocycles. The Balaban J connectivity index is 1.80. The third-order valence-corrected chi connectivity index (χ3v) is 7.51. The van der Waals surface area contributed by atoms with E-state index in [-0.39, 0.29) is 42.5 Å². The van der Waals surface area contributed by atoms with Gasteiger partial charge >= 0.3 is 11.9 Å². The Kier molecular flexibility index (Phi) is 12.0. The second-order valence-corrected chi connectivity index (χ2v) is 12.0. The fourth-order valence-electron chi connectivity index (χ4n) is 4.47. The minimum Gasteiger partial charge on any atom is -0.455 e. The Bertz CT molecular complexity index is 1480. The molecule has 44 heavy (non-hydrogen) atoms. The van der Waals surface area contributed by atoms with Gasteiger partial charge in [0.25, 0.3) is 0 Å². The van der Waals surface area contributed by atoms with Crippen LogP contribution in [0.4, 0.5) is 5.69 Å². The Morgan fingerprint density at radius 1 is 0.909 bits per heavy atom. The Hall–Kier alpha value is -4.73. The van der Waals surface area contributed by atoms with Gasteiger partial charge < -0.3 is 26.8 Å². The number of carbonyl (C=O) groups excluding carboxylic acids is 4. The number of nitrogens with one attached hydrogen (secondary N) is 2. The highest BCUT2D eigenvalue weighted by Crippen LogP contribution is 2.23. The van der Waals surface area contributed by atoms with E-state index in [0.717, 1.165) is 16.3 Å². The van der Waals surface area contributed by atoms with E-state index in [1.165, 1.54) is 0 Å². The first-order valence-corrected chi connectivity index (χ1v) is 14.8. The number of fused-ring (bicyclic) bond motifs is 1. The maximum atomic E-state index is 13.8. The highest BCUT2D eigenvalue weighted by atomic mass is 16.5. The largest absolute Gasteiger partial charge is 0.455 e. The third-order valence-electron chi connectivity index (χ3n) is 7.51. The average molecular weight is 602 g/mol. The number of carbonyl (C=O) groups is 4. The fourth-order valence-corrected chi connectivity index (χ4v) is 4.47. The number of hydrogen-bond acceptors (Lipinski definition) is 6. The van der Waals surface area contributed by atoms with Crippen molar-refractivity contribution in [2.75, 3.05) is 11.9 Å². The molecular formula is C34H43N5O5. The minimum absolute atomic E-state index is 0.0588. The lowest BCUT2D eigenvalue weighted by Gasteiger charge is -2.27. The number of anilines is 1. The Morgan fingerprint density at radius 2 is 1.57 bits per heavy atom. The molecular weight excluding hydrogens is 558 g/mol. The first kappa shape index (κ1) is 33.8. The second kappa shape index (κ2) is 15.7. The van der Waals surface area contributed by atoms with Crippen LogP contribution in [0.1, 0.15) is 52.5 Å². The number of ether oxygens (including phenoxy) is 1. The summed E-state index contributed by atoms with van der Waals surface area (Å²) in [6, 6.07) is 21.4. The molecule has 0 fully saturated rings. The molecule has 0 aromatic heterocycles. The van der Waals surface area contributed by atoms with E-state index in [0.29, 0.717) is 18.5 Å². The zero-order chi connectivity index (χ0) is 32.3. The summed E-state index contributed by atoms with van der Waals surface area (Å²) in [5.41, 5.74) is 11.9. The van der Waals surface area contributed by atoms with Gasteiger partial charge in [0.15, 0.2) is 11.7 Å². The molecule has 0 bridgehead atoms. The van der Waals surface area contributed by atoms with Gasteiger partial charge in [-0.1, -0.05) is 81.4 Å². The number of ketones is 1. The van der Waals surface area contributed by atoms with Gasteiger partial charge in [0, 0.05) is 24.6 Å². The summed E-state index contributed by atoms with van der Waals surface area (Å²) in [5, 5.41) is 7.50. The first-order valence-electron chi connectivity index (χ1n) is 14.8. The summed E-state index contributed by atoms with van der Waals surface area (Å²) in [6.45, 7) is 7.67. The molecule has 0 heterocycles. The number of amides is 2. The van der Waals surface area contributed by atoms with Crippen LogP contribution in [0.2, 0.25) is 0 Å². The van der Waals surface area contributed by atoms with Crippen LogP contribution in [0.5, 0.6) is 0 Å². The normalized spacial score (nSPS) is 13.3. The zero-order valence-electron chi connectivity index (χ0n) is 25.8. The van der Waals surface area contributed by atoms with E-state index in [4.69, 9.17) is 16.2 Å². The minimum atomic E-state index is -1.07. The molecule has 2 amide bonds. The molecule has 10 nitrogen and oxygen atoms in total. The topological polar surface area (TPSA) is 166 Å². The van der Waals surface area contributed by atoms with Crippen LogP contribution in [-0.4, -0.2) is 48.2 Å². The molecule has 1 unspecified atom stereocenters. The smallest absolute Gasteiger partial charge is 0.397 e. The van der Waals surface area contributed by atoms with Crippen molar-refractivity contribution in [3.8, 4) is 0 Å². The molecule has 0 radical (unpaired) electrons. The van der Waals surface area contributed by atoms with E-state index in [1.807, 2.05) is 87.5 Å². The van der Waals surface area contributed by atoms with E-state index < -0.39 is 29.9 Å². The zero-order valence-corrected chi connectivity index (χ0v) is 25.8. The summed E-state index contributed by atoms with van der Waals surface area (Å²) in [7, 11) is 0. The van der Waals surface area contributed by atoms with Gasteiger partial charge in [-0.05, 0) is 60.1 Å². The van der Waals surface area contributed by atoms with E-state index in [1.54, 1.807) is 13.0 Å². The van der Waals surface area contributed by atoms with Crippen molar-refractivity contribution < 1.29 is 23.9 Å². The molecule has 0 aliphatic rings. The second-order valence-electron chi connectivity index (χ2n) is 12.0. The fraction of sp³-hybridized carbons (Fsp3) is 0.382. The van der Waals surface area contributed by atoms with Crippen molar-refractivity contribution in [2.45, 2.75) is 65.5 Å². The number of aliphatic imine (C=N–C) groups is 1. The number of guanidine groups is 1. The number of rotatable bonds is 13. The first-order chi connectivity index (χ1) is 20.8. The molecule has 3 aromatic carbocycles. The lowest BCUT2D eigenvalue weighted by Crippen LogP contribution is -2.47. The summed E-state index contributed by atoms with van der Waals surface area (Å²) >= 11 is 0. The molecule has 0 spiro atoms. The number of Topliss-reactive ketones (excluding diaryl/α,β-unsaturated/α-hetero) is 1. The molecule has 0 aliphatic heterocycles. The van der Waals surface area contributed by atoms with E-state index in [2.05, 4.69) is 15.6 Å². The summed E-state index contributed by atoms with van der Waals surface area (Å²) in [5.74, 6) is -3.62. The van der Waals surface area contributed by atoms with Crippen LogP contribution in [0, 0.1) is 11.3 Å².